The molecule has 0 N–H and O–H groups in total. The summed E-state index contributed by atoms with van der Waals surface area (Å²) in [6.07, 6.45) is -12.9. The molecule has 3 rings (SSSR count). The summed E-state index contributed by atoms with van der Waals surface area (Å²) in [7, 11) is 0. The Labute approximate surface area is 281 Å². The van der Waals surface area contributed by atoms with Gasteiger partial charge in [-0.25, -0.2) is 4.79 Å². The van der Waals surface area contributed by atoms with Crippen LogP contribution in [0.2, 0.25) is 0 Å². The van der Waals surface area contributed by atoms with E-state index < -0.39 is 111 Å². The molecule has 0 aliphatic carbocycles. The van der Waals surface area contributed by atoms with E-state index in [0.29, 0.717) is 5.56 Å². The number of benzene rings is 1. The lowest BCUT2D eigenvalue weighted by Crippen LogP contribution is -2.66. The number of carbonyl (C=O) groups is 7. The van der Waals surface area contributed by atoms with Gasteiger partial charge < -0.3 is 42.6 Å². The molecular weight excluding hydrogens is 658 g/mol. The normalized spacial score (nSPS) is 26.4. The van der Waals surface area contributed by atoms with Gasteiger partial charge in [-0.05, 0) is 5.56 Å². The molecule has 270 valence electrons. The van der Waals surface area contributed by atoms with Gasteiger partial charge in [-0.15, -0.1) is 0 Å². The predicted octanol–water partition coefficient (Wildman–Crippen LogP) is 0.902. The van der Waals surface area contributed by atoms with Crippen molar-refractivity contribution in [1.29, 1.82) is 0 Å². The third-order valence-corrected chi connectivity index (χ3v) is 6.76. The summed E-state index contributed by atoms with van der Waals surface area (Å²) in [5.74, 6) is -4.86. The molecule has 2 heterocycles. The van der Waals surface area contributed by atoms with Gasteiger partial charge in [0.1, 0.15) is 38.1 Å². The Morgan fingerprint density at radius 2 is 1.16 bits per heavy atom. The predicted molar refractivity (Wildman–Crippen MR) is 157 cm³/mol. The number of rotatable bonds is 12. The van der Waals surface area contributed by atoms with E-state index >= 15 is 0 Å². The molecule has 1 aromatic rings. The first-order chi connectivity index (χ1) is 23.1. The smallest absolute Gasteiger partial charge is 0.434 e. The molecule has 0 unspecified atom stereocenters. The minimum Gasteiger partial charge on any atom is -0.463 e. The minimum absolute atomic E-state index is 0.128. The van der Waals surface area contributed by atoms with E-state index in [0.717, 1.165) is 46.6 Å². The number of hydroxylamine groups is 2. The van der Waals surface area contributed by atoms with Crippen LogP contribution in [0, 0.1) is 0 Å². The van der Waals surface area contributed by atoms with Crippen LogP contribution in [0.1, 0.15) is 47.1 Å². The van der Waals surface area contributed by atoms with E-state index in [-0.39, 0.29) is 6.61 Å². The standard InChI is InChI=1S/C31H39NO17/c1-16(33)40-14-24-27(44-19(4)36)28(45-20(5)37)29(46-21(6)38)30(47-24)48-26-23(43-18(3)35)12-32(49-25(26)15-41-17(2)34)31(39)42-13-22-10-8-7-9-11-22/h7-11,23-30H,12-15H2,1-6H3/t23-,24-,25-,26+,27-,28+,29-,30+/m1/s1. The molecule has 0 bridgehead atoms. The summed E-state index contributed by atoms with van der Waals surface area (Å²) in [5.41, 5.74) is 0.672. The fourth-order valence-electron chi connectivity index (χ4n) is 4.95. The molecule has 8 atom stereocenters. The third kappa shape index (κ3) is 12.0. The average molecular weight is 698 g/mol. The molecule has 0 radical (unpaired) electrons. The highest BCUT2D eigenvalue weighted by Gasteiger charge is 2.55. The number of ether oxygens (including phenoxy) is 9. The first-order valence-corrected chi connectivity index (χ1v) is 15.1. The van der Waals surface area contributed by atoms with Crippen molar-refractivity contribution in [1.82, 2.24) is 5.06 Å². The minimum atomic E-state index is -1.72. The van der Waals surface area contributed by atoms with Gasteiger partial charge in [-0.2, -0.15) is 5.06 Å². The molecule has 1 aromatic carbocycles. The maximum absolute atomic E-state index is 13.1. The topological polar surface area (TPSA) is 215 Å². The van der Waals surface area contributed by atoms with Gasteiger partial charge >= 0.3 is 41.9 Å². The second-order valence-corrected chi connectivity index (χ2v) is 10.9. The van der Waals surface area contributed by atoms with E-state index in [1.165, 1.54) is 0 Å². The van der Waals surface area contributed by atoms with Crippen LogP contribution in [0.4, 0.5) is 4.79 Å². The van der Waals surface area contributed by atoms with Crippen LogP contribution >= 0.6 is 0 Å². The first-order valence-electron chi connectivity index (χ1n) is 15.1. The summed E-state index contributed by atoms with van der Waals surface area (Å²) in [6.45, 7) is 4.81. The maximum Gasteiger partial charge on any atom is 0.434 e. The monoisotopic (exact) mass is 697 g/mol. The molecule has 2 fully saturated rings. The lowest BCUT2D eigenvalue weighted by Gasteiger charge is -2.47. The van der Waals surface area contributed by atoms with Crippen LogP contribution in [-0.2, 0) is 82.8 Å². The van der Waals surface area contributed by atoms with Crippen molar-refractivity contribution in [3.63, 3.8) is 0 Å². The summed E-state index contributed by atoms with van der Waals surface area (Å²) in [4.78, 5) is 91.2. The lowest BCUT2D eigenvalue weighted by atomic mass is 9.97. The van der Waals surface area contributed by atoms with Crippen LogP contribution in [0.5, 0.6) is 0 Å². The molecule has 18 heteroatoms. The van der Waals surface area contributed by atoms with Gasteiger partial charge in [0.25, 0.3) is 0 Å². The Bertz CT molecular complexity index is 1350. The van der Waals surface area contributed by atoms with Gasteiger partial charge in [0.2, 0.25) is 0 Å². The fourth-order valence-corrected chi connectivity index (χ4v) is 4.95. The SMILES string of the molecule is CC(=O)OC[C@H]1ON(C(=O)OCc2ccccc2)C[C@@H](OC(C)=O)[C@@H]1O[C@@H]1O[C@H](COC(C)=O)[C@@H](OC(C)=O)[C@H](OC(C)=O)[C@H]1OC(C)=O. The van der Waals surface area contributed by atoms with E-state index in [9.17, 15) is 33.6 Å². The van der Waals surface area contributed by atoms with Crippen molar-refractivity contribution >= 4 is 41.9 Å². The molecular formula is C31H39NO17. The largest absolute Gasteiger partial charge is 0.463 e. The number of carbonyl (C=O) groups excluding carboxylic acids is 7. The number of nitrogens with zero attached hydrogens (tertiary/aromatic N) is 1. The highest BCUT2D eigenvalue weighted by atomic mass is 16.8. The van der Waals surface area contributed by atoms with E-state index in [2.05, 4.69) is 0 Å². The van der Waals surface area contributed by atoms with Crippen molar-refractivity contribution in [2.75, 3.05) is 19.8 Å². The number of hydrogen-bond donors (Lipinski definition) is 0. The second kappa shape index (κ2) is 18.1. The Hall–Kier alpha value is -4.81. The average Bonchev–Trinajstić information content (AvgIpc) is 3.01. The Balaban J connectivity index is 2.00. The molecule has 2 aliphatic heterocycles. The van der Waals surface area contributed by atoms with Gasteiger partial charge in [0.05, 0.1) is 6.54 Å². The van der Waals surface area contributed by atoms with Crippen LogP contribution < -0.4 is 0 Å². The molecule has 49 heavy (non-hydrogen) atoms. The summed E-state index contributed by atoms with van der Waals surface area (Å²) in [6, 6.07) is 8.75. The van der Waals surface area contributed by atoms with Crippen LogP contribution in [0.3, 0.4) is 0 Å². The van der Waals surface area contributed by atoms with Crippen LogP contribution in [0.25, 0.3) is 0 Å². The highest BCUT2D eigenvalue weighted by molar-refractivity contribution is 5.69. The van der Waals surface area contributed by atoms with Crippen molar-refractivity contribution in [3.05, 3.63) is 35.9 Å². The molecule has 1 amide bonds. The molecule has 0 spiro atoms. The number of esters is 6. The lowest BCUT2D eigenvalue weighted by molar-refractivity contribution is -0.351. The van der Waals surface area contributed by atoms with Crippen LogP contribution in [0.15, 0.2) is 30.3 Å². The Morgan fingerprint density at radius 3 is 1.71 bits per heavy atom. The zero-order valence-corrected chi connectivity index (χ0v) is 27.7. The van der Waals surface area contributed by atoms with E-state index in [1.54, 1.807) is 30.3 Å². The second-order valence-electron chi connectivity index (χ2n) is 10.9. The molecule has 2 saturated heterocycles. The summed E-state index contributed by atoms with van der Waals surface area (Å²) < 4.78 is 49.6. The number of hydrogen-bond acceptors (Lipinski definition) is 17. The van der Waals surface area contributed by atoms with Gasteiger partial charge in [-0.1, -0.05) is 30.3 Å². The maximum atomic E-state index is 13.1. The summed E-state index contributed by atoms with van der Waals surface area (Å²) >= 11 is 0. The molecule has 0 aromatic heterocycles. The summed E-state index contributed by atoms with van der Waals surface area (Å²) in [5, 5.41) is 0.762. The molecule has 0 saturated carbocycles. The van der Waals surface area contributed by atoms with E-state index in [1.807, 2.05) is 0 Å². The number of amides is 1. The van der Waals surface area contributed by atoms with Crippen LogP contribution in [-0.4, -0.2) is 116 Å². The highest BCUT2D eigenvalue weighted by Crippen LogP contribution is 2.33. The van der Waals surface area contributed by atoms with Crippen molar-refractivity contribution in [3.8, 4) is 0 Å². The zero-order valence-electron chi connectivity index (χ0n) is 27.7. The Kier molecular flexibility index (Phi) is 14.3. The first kappa shape index (κ1) is 38.6. The molecule has 18 nitrogen and oxygen atoms in total. The Morgan fingerprint density at radius 1 is 0.633 bits per heavy atom. The quantitative estimate of drug-likeness (QED) is 0.219. The zero-order chi connectivity index (χ0) is 36.2. The van der Waals surface area contributed by atoms with Crippen molar-refractivity contribution in [2.24, 2.45) is 0 Å². The third-order valence-electron chi connectivity index (χ3n) is 6.76. The van der Waals surface area contributed by atoms with E-state index in [4.69, 9.17) is 47.5 Å². The van der Waals surface area contributed by atoms with Gasteiger partial charge in [-0.3, -0.25) is 33.6 Å². The molecule has 2 aliphatic rings. The van der Waals surface area contributed by atoms with Crippen molar-refractivity contribution < 1.29 is 81.0 Å². The fraction of sp³-hybridized carbons (Fsp3) is 0.581. The van der Waals surface area contributed by atoms with Crippen molar-refractivity contribution in [2.45, 2.75) is 97.2 Å². The van der Waals surface area contributed by atoms with Gasteiger partial charge in [0, 0.05) is 41.5 Å². The van der Waals surface area contributed by atoms with Gasteiger partial charge in [0.15, 0.2) is 30.7 Å².